The molecule has 5 heteroatoms. The van der Waals surface area contributed by atoms with Gasteiger partial charge in [-0.15, -0.1) is 0 Å². The second kappa shape index (κ2) is 7.86. The van der Waals surface area contributed by atoms with Gasteiger partial charge < -0.3 is 9.47 Å². The molecule has 0 aliphatic rings. The van der Waals surface area contributed by atoms with Gasteiger partial charge in [0.1, 0.15) is 0 Å². The number of fused-ring (bicyclic) bond motifs is 1. The van der Waals surface area contributed by atoms with Crippen LogP contribution in [0.15, 0.2) is 29.4 Å². The van der Waals surface area contributed by atoms with E-state index < -0.39 is 0 Å². The summed E-state index contributed by atoms with van der Waals surface area (Å²) in [4.78, 5) is 19.2. The quantitative estimate of drug-likeness (QED) is 0.723. The van der Waals surface area contributed by atoms with Gasteiger partial charge in [-0.3, -0.25) is 4.79 Å². The minimum atomic E-state index is 0.199. The number of aromatic nitrogens is 2. The summed E-state index contributed by atoms with van der Waals surface area (Å²) in [6.45, 7) is 10.2. The molecule has 0 bridgehead atoms. The first kappa shape index (κ1) is 17.9. The van der Waals surface area contributed by atoms with Gasteiger partial charge in [0.2, 0.25) is 5.91 Å². The van der Waals surface area contributed by atoms with Crippen molar-refractivity contribution in [1.29, 1.82) is 0 Å². The van der Waals surface area contributed by atoms with E-state index in [-0.39, 0.29) is 5.91 Å². The number of nitrogens with zero attached hydrogens (tertiary/aromatic N) is 3. The van der Waals surface area contributed by atoms with Crippen molar-refractivity contribution >= 4 is 28.7 Å². The molecule has 126 valence electrons. The van der Waals surface area contributed by atoms with Crippen LogP contribution >= 0.6 is 11.8 Å². The molecule has 0 saturated heterocycles. The Morgan fingerprint density at radius 2 is 1.78 bits per heavy atom. The molecular weight excluding hydrogens is 306 g/mol. The summed E-state index contributed by atoms with van der Waals surface area (Å²) in [5, 5.41) is 0.897. The number of rotatable bonds is 7. The van der Waals surface area contributed by atoms with Crippen LogP contribution in [0.3, 0.4) is 0 Å². The van der Waals surface area contributed by atoms with Crippen LogP contribution in [0.5, 0.6) is 0 Å². The Bertz CT molecular complexity index is 653. The standard InChI is InChI=1S/C18H27N3OS/c1-13(2)10-21(11-14(3)4)17(22)12-23-18-19-15-8-6-7-9-16(15)20(18)5/h6-9,13-14H,10-12H2,1-5H3. The largest absolute Gasteiger partial charge is 0.341 e. The zero-order valence-corrected chi connectivity index (χ0v) is 15.6. The van der Waals surface area contributed by atoms with Crippen LogP contribution in [-0.4, -0.2) is 39.2 Å². The summed E-state index contributed by atoms with van der Waals surface area (Å²) in [6.07, 6.45) is 0. The van der Waals surface area contributed by atoms with Crippen molar-refractivity contribution in [2.24, 2.45) is 18.9 Å². The third-order valence-corrected chi connectivity index (χ3v) is 4.61. The fourth-order valence-corrected chi connectivity index (χ4v) is 3.52. The fraction of sp³-hybridized carbons (Fsp3) is 0.556. The number of imidazole rings is 1. The Hall–Kier alpha value is -1.49. The van der Waals surface area contributed by atoms with Crippen LogP contribution in [0.2, 0.25) is 0 Å². The number of amides is 1. The molecule has 4 nitrogen and oxygen atoms in total. The van der Waals surface area contributed by atoms with Gasteiger partial charge in [-0.05, 0) is 24.0 Å². The molecule has 2 aromatic rings. The number of para-hydroxylation sites is 2. The number of carbonyl (C=O) groups is 1. The number of hydrogen-bond acceptors (Lipinski definition) is 3. The summed E-state index contributed by atoms with van der Waals surface area (Å²) < 4.78 is 2.06. The van der Waals surface area contributed by atoms with Crippen molar-refractivity contribution in [3.8, 4) is 0 Å². The van der Waals surface area contributed by atoms with Crippen LogP contribution in [-0.2, 0) is 11.8 Å². The fourth-order valence-electron chi connectivity index (χ4n) is 2.63. The first-order valence-corrected chi connectivity index (χ1v) is 9.19. The second-order valence-corrected chi connectivity index (χ2v) is 7.76. The van der Waals surface area contributed by atoms with Crippen LogP contribution in [0, 0.1) is 11.8 Å². The van der Waals surface area contributed by atoms with Gasteiger partial charge in [-0.2, -0.15) is 0 Å². The van der Waals surface area contributed by atoms with Crippen LogP contribution < -0.4 is 0 Å². The molecule has 0 spiro atoms. The summed E-state index contributed by atoms with van der Waals surface area (Å²) >= 11 is 1.52. The first-order chi connectivity index (χ1) is 10.9. The third kappa shape index (κ3) is 4.74. The SMILES string of the molecule is CC(C)CN(CC(C)C)C(=O)CSc1nc2ccccc2n1C. The summed E-state index contributed by atoms with van der Waals surface area (Å²) in [5.41, 5.74) is 2.08. The Morgan fingerprint density at radius 3 is 2.35 bits per heavy atom. The van der Waals surface area contributed by atoms with Gasteiger partial charge in [0.15, 0.2) is 5.16 Å². The average Bonchev–Trinajstić information content (AvgIpc) is 2.80. The van der Waals surface area contributed by atoms with Gasteiger partial charge in [0.25, 0.3) is 0 Å². The Labute approximate surface area is 143 Å². The molecule has 1 aromatic heterocycles. The highest BCUT2D eigenvalue weighted by Gasteiger charge is 2.18. The molecule has 1 amide bonds. The van der Waals surface area contributed by atoms with E-state index in [9.17, 15) is 4.79 Å². The molecule has 1 aromatic carbocycles. The van der Waals surface area contributed by atoms with Gasteiger partial charge in [0, 0.05) is 20.1 Å². The molecule has 0 atom stereocenters. The maximum atomic E-state index is 12.6. The van der Waals surface area contributed by atoms with E-state index in [0.717, 1.165) is 29.3 Å². The summed E-state index contributed by atoms with van der Waals surface area (Å²) in [6, 6.07) is 8.06. The van der Waals surface area contributed by atoms with Gasteiger partial charge >= 0.3 is 0 Å². The predicted molar refractivity (Wildman–Crippen MR) is 97.7 cm³/mol. The summed E-state index contributed by atoms with van der Waals surface area (Å²) in [7, 11) is 2.00. The van der Waals surface area contributed by atoms with E-state index in [1.165, 1.54) is 11.8 Å². The first-order valence-electron chi connectivity index (χ1n) is 8.20. The van der Waals surface area contributed by atoms with E-state index in [4.69, 9.17) is 0 Å². The van der Waals surface area contributed by atoms with Crippen LogP contribution in [0.25, 0.3) is 11.0 Å². The monoisotopic (exact) mass is 333 g/mol. The molecule has 1 heterocycles. The molecule has 23 heavy (non-hydrogen) atoms. The third-order valence-electron chi connectivity index (χ3n) is 3.59. The lowest BCUT2D eigenvalue weighted by molar-refractivity contribution is -0.129. The van der Waals surface area contributed by atoms with Crippen molar-refractivity contribution in [1.82, 2.24) is 14.5 Å². The average molecular weight is 334 g/mol. The minimum Gasteiger partial charge on any atom is -0.341 e. The number of carbonyl (C=O) groups excluding carboxylic acids is 1. The lowest BCUT2D eigenvalue weighted by Gasteiger charge is -2.26. The molecule has 0 saturated carbocycles. The highest BCUT2D eigenvalue weighted by Crippen LogP contribution is 2.23. The number of hydrogen-bond donors (Lipinski definition) is 0. The zero-order valence-electron chi connectivity index (χ0n) is 14.7. The van der Waals surface area contributed by atoms with Gasteiger partial charge in [-0.1, -0.05) is 51.6 Å². The van der Waals surface area contributed by atoms with Crippen molar-refractivity contribution < 1.29 is 4.79 Å². The van der Waals surface area contributed by atoms with Crippen molar-refractivity contribution in [3.63, 3.8) is 0 Å². The Kier molecular flexibility index (Phi) is 6.10. The van der Waals surface area contributed by atoms with E-state index in [2.05, 4.69) is 43.3 Å². The smallest absolute Gasteiger partial charge is 0.233 e. The Morgan fingerprint density at radius 1 is 1.17 bits per heavy atom. The normalized spacial score (nSPS) is 11.6. The van der Waals surface area contributed by atoms with Crippen molar-refractivity contribution in [2.45, 2.75) is 32.9 Å². The highest BCUT2D eigenvalue weighted by atomic mass is 32.2. The maximum Gasteiger partial charge on any atom is 0.233 e. The van der Waals surface area contributed by atoms with Crippen molar-refractivity contribution in [3.05, 3.63) is 24.3 Å². The van der Waals surface area contributed by atoms with E-state index >= 15 is 0 Å². The molecule has 2 rings (SSSR count). The predicted octanol–water partition coefficient (Wildman–Crippen LogP) is 3.81. The molecule has 0 fully saturated rings. The lowest BCUT2D eigenvalue weighted by Crippen LogP contribution is -2.38. The lowest BCUT2D eigenvalue weighted by atomic mass is 10.1. The van der Waals surface area contributed by atoms with E-state index in [1.807, 2.05) is 30.1 Å². The molecular formula is C18H27N3OS. The maximum absolute atomic E-state index is 12.6. The van der Waals surface area contributed by atoms with E-state index in [1.54, 1.807) is 0 Å². The number of aryl methyl sites for hydroxylation is 1. The molecule has 0 radical (unpaired) electrons. The van der Waals surface area contributed by atoms with Gasteiger partial charge in [-0.25, -0.2) is 4.98 Å². The topological polar surface area (TPSA) is 38.1 Å². The number of benzene rings is 1. The van der Waals surface area contributed by atoms with Gasteiger partial charge in [0.05, 0.1) is 16.8 Å². The second-order valence-electron chi connectivity index (χ2n) is 6.82. The molecule has 0 unspecified atom stereocenters. The molecule has 0 aliphatic heterocycles. The minimum absolute atomic E-state index is 0.199. The number of thioether (sulfide) groups is 1. The van der Waals surface area contributed by atoms with E-state index in [0.29, 0.717) is 17.6 Å². The Balaban J connectivity index is 2.04. The molecule has 0 N–H and O–H groups in total. The molecule has 0 aliphatic carbocycles. The van der Waals surface area contributed by atoms with Crippen LogP contribution in [0.1, 0.15) is 27.7 Å². The zero-order chi connectivity index (χ0) is 17.0. The van der Waals surface area contributed by atoms with Crippen molar-refractivity contribution in [2.75, 3.05) is 18.8 Å². The summed E-state index contributed by atoms with van der Waals surface area (Å²) in [5.74, 6) is 1.61. The highest BCUT2D eigenvalue weighted by molar-refractivity contribution is 7.99. The van der Waals surface area contributed by atoms with Crippen LogP contribution in [0.4, 0.5) is 0 Å².